The lowest BCUT2D eigenvalue weighted by Crippen LogP contribution is -2.30. The molecule has 2 fully saturated rings. The van der Waals surface area contributed by atoms with Gasteiger partial charge in [0, 0.05) is 35.9 Å². The molecule has 0 aliphatic carbocycles. The van der Waals surface area contributed by atoms with E-state index in [0.717, 1.165) is 23.7 Å². The van der Waals surface area contributed by atoms with Gasteiger partial charge in [0.2, 0.25) is 0 Å². The van der Waals surface area contributed by atoms with Crippen molar-refractivity contribution in [1.29, 1.82) is 0 Å². The Balaban J connectivity index is 1.39. The lowest BCUT2D eigenvalue weighted by molar-refractivity contribution is -0.0290. The van der Waals surface area contributed by atoms with Gasteiger partial charge < -0.3 is 9.47 Å². The van der Waals surface area contributed by atoms with Gasteiger partial charge in [0.25, 0.3) is 0 Å². The number of ether oxygens (including phenoxy) is 2. The van der Waals surface area contributed by atoms with Crippen molar-refractivity contribution < 1.29 is 18.3 Å². The molecule has 2 atom stereocenters. The van der Waals surface area contributed by atoms with E-state index in [4.69, 9.17) is 19.4 Å². The van der Waals surface area contributed by atoms with Gasteiger partial charge in [0.1, 0.15) is 28.7 Å². The average molecular weight is 479 g/mol. The summed E-state index contributed by atoms with van der Waals surface area (Å²) in [5, 5.41) is 4.48. The van der Waals surface area contributed by atoms with E-state index in [0.29, 0.717) is 54.6 Å². The van der Waals surface area contributed by atoms with E-state index in [1.165, 1.54) is 12.1 Å². The highest BCUT2D eigenvalue weighted by molar-refractivity contribution is 5.87. The number of nitrogens with zero attached hydrogens (tertiary/aromatic N) is 6. The van der Waals surface area contributed by atoms with Gasteiger partial charge in [-0.05, 0) is 38.8 Å². The minimum absolute atomic E-state index is 0.0285. The van der Waals surface area contributed by atoms with E-state index in [1.807, 2.05) is 30.9 Å². The standard InChI is InChI=1S/C25H24F2N6O2/c1-13-14(2)30-25-23(29-13)22(19-4-3-17(26)8-20(19)27)31-24(32-25)15-5-6-35-21(7-15)16-9-28-33(10-16)18-11-34-12-18/h3-4,8-10,15,18,21H,5-7,11-12H2,1-2H3/t15-,21+/m1/s1. The third-order valence-corrected chi connectivity index (χ3v) is 6.78. The van der Waals surface area contributed by atoms with Crippen LogP contribution in [-0.2, 0) is 9.47 Å². The van der Waals surface area contributed by atoms with E-state index in [-0.39, 0.29) is 23.6 Å². The van der Waals surface area contributed by atoms with E-state index < -0.39 is 11.6 Å². The SMILES string of the molecule is Cc1nc2nc([C@@H]3CCO[C@H](c4cnn(C5COC5)c4)C3)nc(-c3ccc(F)cc3F)c2nc1C. The Morgan fingerprint density at radius 2 is 1.86 bits per heavy atom. The Labute approximate surface area is 200 Å². The Bertz CT molecular complexity index is 1420. The maximum Gasteiger partial charge on any atom is 0.182 e. The third-order valence-electron chi connectivity index (χ3n) is 6.78. The molecule has 0 bridgehead atoms. The molecular formula is C25H24F2N6O2. The molecule has 3 aromatic heterocycles. The molecular weight excluding hydrogens is 454 g/mol. The fourth-order valence-electron chi connectivity index (χ4n) is 4.54. The zero-order valence-corrected chi connectivity index (χ0v) is 19.4. The molecule has 6 rings (SSSR count). The van der Waals surface area contributed by atoms with Crippen molar-refractivity contribution in [2.24, 2.45) is 0 Å². The quantitative estimate of drug-likeness (QED) is 0.430. The van der Waals surface area contributed by atoms with Crippen molar-refractivity contribution in [2.75, 3.05) is 19.8 Å². The fourth-order valence-corrected chi connectivity index (χ4v) is 4.54. The summed E-state index contributed by atoms with van der Waals surface area (Å²) in [5.41, 5.74) is 3.73. The van der Waals surface area contributed by atoms with Crippen molar-refractivity contribution in [3.63, 3.8) is 0 Å². The van der Waals surface area contributed by atoms with Crippen molar-refractivity contribution in [1.82, 2.24) is 29.7 Å². The van der Waals surface area contributed by atoms with E-state index in [1.54, 1.807) is 0 Å². The lowest BCUT2D eigenvalue weighted by atomic mass is 9.92. The number of hydrogen-bond donors (Lipinski definition) is 0. The van der Waals surface area contributed by atoms with E-state index in [2.05, 4.69) is 15.1 Å². The van der Waals surface area contributed by atoms with Crippen LogP contribution in [-0.4, -0.2) is 49.5 Å². The highest BCUT2D eigenvalue weighted by Gasteiger charge is 2.30. The number of rotatable bonds is 4. The molecule has 10 heteroatoms. The number of aromatic nitrogens is 6. The molecule has 2 aliphatic heterocycles. The first-order valence-electron chi connectivity index (χ1n) is 11.7. The molecule has 180 valence electrons. The summed E-state index contributed by atoms with van der Waals surface area (Å²) in [6, 6.07) is 3.73. The fraction of sp³-hybridized carbons (Fsp3) is 0.400. The summed E-state index contributed by atoms with van der Waals surface area (Å²) in [7, 11) is 0. The Hall–Kier alpha value is -3.37. The number of halogens is 2. The molecule has 2 saturated heterocycles. The minimum Gasteiger partial charge on any atom is -0.377 e. The van der Waals surface area contributed by atoms with Gasteiger partial charge in [-0.25, -0.2) is 28.7 Å². The van der Waals surface area contributed by atoms with Crippen LogP contribution in [0.4, 0.5) is 8.78 Å². The van der Waals surface area contributed by atoms with Crippen LogP contribution in [0.25, 0.3) is 22.4 Å². The topological polar surface area (TPSA) is 87.8 Å². The summed E-state index contributed by atoms with van der Waals surface area (Å²) >= 11 is 0. The van der Waals surface area contributed by atoms with Crippen LogP contribution in [0, 0.1) is 25.5 Å². The first kappa shape index (κ1) is 22.1. The van der Waals surface area contributed by atoms with Crippen LogP contribution in [0.3, 0.4) is 0 Å². The Morgan fingerprint density at radius 3 is 2.63 bits per heavy atom. The second-order valence-electron chi connectivity index (χ2n) is 9.15. The summed E-state index contributed by atoms with van der Waals surface area (Å²) in [5.74, 6) is -0.821. The second kappa shape index (κ2) is 8.69. The number of hydrogen-bond acceptors (Lipinski definition) is 7. The van der Waals surface area contributed by atoms with Crippen LogP contribution in [0.1, 0.15) is 53.7 Å². The molecule has 0 N–H and O–H groups in total. The molecule has 0 spiro atoms. The van der Waals surface area contributed by atoms with Crippen LogP contribution in [0.2, 0.25) is 0 Å². The van der Waals surface area contributed by atoms with Crippen LogP contribution >= 0.6 is 0 Å². The summed E-state index contributed by atoms with van der Waals surface area (Å²) < 4.78 is 41.7. The smallest absolute Gasteiger partial charge is 0.182 e. The maximum absolute atomic E-state index is 14.8. The van der Waals surface area contributed by atoms with Crippen molar-refractivity contribution in [3.8, 4) is 11.3 Å². The van der Waals surface area contributed by atoms with Crippen LogP contribution < -0.4 is 0 Å². The van der Waals surface area contributed by atoms with Crippen LogP contribution in [0.15, 0.2) is 30.6 Å². The van der Waals surface area contributed by atoms with Crippen LogP contribution in [0.5, 0.6) is 0 Å². The molecule has 0 saturated carbocycles. The second-order valence-corrected chi connectivity index (χ2v) is 9.15. The predicted octanol–water partition coefficient (Wildman–Crippen LogP) is 4.38. The predicted molar refractivity (Wildman–Crippen MR) is 123 cm³/mol. The monoisotopic (exact) mass is 478 g/mol. The van der Waals surface area contributed by atoms with Gasteiger partial charge >= 0.3 is 0 Å². The Kier molecular flexibility index (Phi) is 5.49. The zero-order chi connectivity index (χ0) is 24.1. The van der Waals surface area contributed by atoms with E-state index >= 15 is 0 Å². The maximum atomic E-state index is 14.8. The molecule has 0 radical (unpaired) electrons. The first-order valence-corrected chi connectivity index (χ1v) is 11.7. The summed E-state index contributed by atoms with van der Waals surface area (Å²) in [4.78, 5) is 18.7. The molecule has 8 nitrogen and oxygen atoms in total. The van der Waals surface area contributed by atoms with Gasteiger partial charge in [-0.3, -0.25) is 4.68 Å². The normalized spacial score (nSPS) is 20.8. The van der Waals surface area contributed by atoms with Gasteiger partial charge in [0.15, 0.2) is 5.65 Å². The number of aryl methyl sites for hydroxylation is 2. The number of benzene rings is 1. The molecule has 0 amide bonds. The summed E-state index contributed by atoms with van der Waals surface area (Å²) in [6.45, 7) is 5.56. The summed E-state index contributed by atoms with van der Waals surface area (Å²) in [6.07, 6.45) is 5.07. The highest BCUT2D eigenvalue weighted by Crippen LogP contribution is 2.38. The molecule has 5 heterocycles. The third kappa shape index (κ3) is 4.06. The van der Waals surface area contributed by atoms with Gasteiger partial charge in [0.05, 0.1) is 42.9 Å². The van der Waals surface area contributed by atoms with E-state index in [9.17, 15) is 8.78 Å². The van der Waals surface area contributed by atoms with Gasteiger partial charge in [-0.15, -0.1) is 0 Å². The largest absolute Gasteiger partial charge is 0.377 e. The van der Waals surface area contributed by atoms with Crippen molar-refractivity contribution in [2.45, 2.75) is 44.8 Å². The minimum atomic E-state index is -0.701. The molecule has 1 aromatic carbocycles. The van der Waals surface area contributed by atoms with Gasteiger partial charge in [-0.1, -0.05) is 0 Å². The van der Waals surface area contributed by atoms with Crippen molar-refractivity contribution >= 4 is 11.2 Å². The first-order chi connectivity index (χ1) is 17.0. The zero-order valence-electron chi connectivity index (χ0n) is 19.4. The molecule has 0 unspecified atom stereocenters. The lowest BCUT2D eigenvalue weighted by Gasteiger charge is -2.29. The van der Waals surface area contributed by atoms with Crippen molar-refractivity contribution in [3.05, 3.63) is 65.0 Å². The average Bonchev–Trinajstić information content (AvgIpc) is 3.28. The Morgan fingerprint density at radius 1 is 1.03 bits per heavy atom. The highest BCUT2D eigenvalue weighted by atomic mass is 19.1. The van der Waals surface area contributed by atoms with Gasteiger partial charge in [-0.2, -0.15) is 5.10 Å². The molecule has 4 aromatic rings. The number of fused-ring (bicyclic) bond motifs is 1. The molecule has 2 aliphatic rings. The molecule has 35 heavy (non-hydrogen) atoms.